The van der Waals surface area contributed by atoms with Gasteiger partial charge < -0.3 is 19.9 Å². The first-order valence-electron chi connectivity index (χ1n) is 10.3. The van der Waals surface area contributed by atoms with Crippen LogP contribution in [-0.4, -0.2) is 30.1 Å². The molecule has 0 bridgehead atoms. The monoisotopic (exact) mass is 612 g/mol. The van der Waals surface area contributed by atoms with Gasteiger partial charge in [0.05, 0.1) is 22.7 Å². The van der Waals surface area contributed by atoms with Crippen molar-refractivity contribution in [3.8, 4) is 11.8 Å². The number of carboxylic acid groups (broad SMARTS) is 1. The number of carbonyl (C=O) groups is 3. The third kappa shape index (κ3) is 6.81. The third-order valence-electron chi connectivity index (χ3n) is 4.85. The number of nitrogens with zero attached hydrogens (tertiary/aromatic N) is 1. The number of nitrogens with one attached hydrogen (secondary N) is 1. The summed E-state index contributed by atoms with van der Waals surface area (Å²) in [4.78, 5) is 35.4. The molecule has 0 aliphatic rings. The Kier molecular flexibility index (Phi) is 9.00. The van der Waals surface area contributed by atoms with Crippen LogP contribution in [0.2, 0.25) is 0 Å². The fourth-order valence-corrected chi connectivity index (χ4v) is 4.42. The number of hydrogen-bond donors (Lipinski definition) is 2. The van der Waals surface area contributed by atoms with Crippen LogP contribution in [0.1, 0.15) is 31.8 Å². The summed E-state index contributed by atoms with van der Waals surface area (Å²) in [6, 6.07) is 17.7. The summed E-state index contributed by atoms with van der Waals surface area (Å²) in [6.45, 7) is 0.127. The van der Waals surface area contributed by atoms with Gasteiger partial charge in [-0.3, -0.25) is 4.79 Å². The number of anilines is 1. The molecule has 182 valence electrons. The maximum atomic E-state index is 12.8. The third-order valence-corrected chi connectivity index (χ3v) is 5.90. The van der Waals surface area contributed by atoms with Crippen LogP contribution in [0.3, 0.4) is 0 Å². The smallest absolute Gasteiger partial charge is 0.337 e. The zero-order valence-electron chi connectivity index (χ0n) is 18.7. The highest BCUT2D eigenvalue weighted by molar-refractivity contribution is 9.11. The molecule has 0 atom stereocenters. The molecular formula is C26H18Br2N2O6. The Morgan fingerprint density at radius 3 is 2.25 bits per heavy atom. The molecule has 0 heterocycles. The van der Waals surface area contributed by atoms with E-state index in [0.717, 1.165) is 5.56 Å². The van der Waals surface area contributed by atoms with E-state index in [1.54, 1.807) is 24.3 Å². The van der Waals surface area contributed by atoms with E-state index in [0.29, 0.717) is 31.5 Å². The molecular weight excluding hydrogens is 596 g/mol. The van der Waals surface area contributed by atoms with Crippen LogP contribution in [0.4, 0.5) is 5.69 Å². The predicted molar refractivity (Wildman–Crippen MR) is 140 cm³/mol. The first-order valence-corrected chi connectivity index (χ1v) is 11.9. The highest BCUT2D eigenvalue weighted by atomic mass is 79.9. The molecule has 0 aromatic heterocycles. The number of benzene rings is 3. The van der Waals surface area contributed by atoms with E-state index in [2.05, 4.69) is 41.9 Å². The lowest BCUT2D eigenvalue weighted by Gasteiger charge is -2.13. The number of aromatic carboxylic acids is 1. The Balaban J connectivity index is 1.83. The Bertz CT molecular complexity index is 1380. The minimum absolute atomic E-state index is 0.127. The number of ether oxygens (including phenoxy) is 2. The number of amides is 1. The average molecular weight is 614 g/mol. The first kappa shape index (κ1) is 26.7. The number of halogens is 2. The van der Waals surface area contributed by atoms with Gasteiger partial charge in [0, 0.05) is 15.7 Å². The van der Waals surface area contributed by atoms with Crippen LogP contribution in [0.25, 0.3) is 6.08 Å². The number of nitriles is 1. The molecule has 8 nitrogen and oxygen atoms in total. The van der Waals surface area contributed by atoms with E-state index in [9.17, 15) is 19.6 Å². The highest BCUT2D eigenvalue weighted by Crippen LogP contribution is 2.35. The van der Waals surface area contributed by atoms with Crippen LogP contribution in [0.5, 0.6) is 5.75 Å². The molecule has 2 N–H and O–H groups in total. The lowest BCUT2D eigenvalue weighted by Crippen LogP contribution is -2.13. The molecule has 0 unspecified atom stereocenters. The minimum Gasteiger partial charge on any atom is -0.487 e. The topological polar surface area (TPSA) is 126 Å². The van der Waals surface area contributed by atoms with Crippen molar-refractivity contribution in [2.24, 2.45) is 0 Å². The normalized spacial score (nSPS) is 10.8. The zero-order chi connectivity index (χ0) is 26.2. The lowest BCUT2D eigenvalue weighted by atomic mass is 10.1. The second-order valence-electron chi connectivity index (χ2n) is 7.29. The lowest BCUT2D eigenvalue weighted by molar-refractivity contribution is -0.112. The number of esters is 1. The number of carbonyl (C=O) groups excluding carboxylic acids is 2. The van der Waals surface area contributed by atoms with Crippen LogP contribution >= 0.6 is 31.9 Å². The SMILES string of the molecule is COC(=O)c1ccc(NC(=O)/C(C#N)=C/c2cc(Br)cc(Br)c2OCc2ccc(C(=O)O)cc2)cc1. The average Bonchev–Trinajstić information content (AvgIpc) is 2.86. The predicted octanol–water partition coefficient (Wildman–Crippen LogP) is 5.82. The summed E-state index contributed by atoms with van der Waals surface area (Å²) >= 11 is 6.85. The minimum atomic E-state index is -1.02. The fourth-order valence-electron chi connectivity index (χ4n) is 3.05. The molecule has 0 radical (unpaired) electrons. The van der Waals surface area contributed by atoms with Gasteiger partial charge in [-0.2, -0.15) is 5.26 Å². The van der Waals surface area contributed by atoms with Gasteiger partial charge >= 0.3 is 11.9 Å². The van der Waals surface area contributed by atoms with Crippen molar-refractivity contribution in [1.82, 2.24) is 0 Å². The van der Waals surface area contributed by atoms with Crippen LogP contribution in [-0.2, 0) is 16.1 Å². The van der Waals surface area contributed by atoms with Crippen molar-refractivity contribution in [3.63, 3.8) is 0 Å². The van der Waals surface area contributed by atoms with Gasteiger partial charge in [0.15, 0.2) is 0 Å². The molecule has 0 aliphatic carbocycles. The van der Waals surface area contributed by atoms with Crippen LogP contribution < -0.4 is 10.1 Å². The van der Waals surface area contributed by atoms with Crippen LogP contribution in [0, 0.1) is 11.3 Å². The number of carboxylic acids is 1. The Morgan fingerprint density at radius 2 is 1.67 bits per heavy atom. The van der Waals surface area contributed by atoms with E-state index in [4.69, 9.17) is 9.84 Å². The number of rotatable bonds is 8. The molecule has 0 spiro atoms. The molecule has 0 aliphatic heterocycles. The Hall–Kier alpha value is -3.94. The van der Waals surface area contributed by atoms with E-state index in [1.807, 2.05) is 6.07 Å². The maximum absolute atomic E-state index is 12.8. The maximum Gasteiger partial charge on any atom is 0.337 e. The summed E-state index contributed by atoms with van der Waals surface area (Å²) in [5.74, 6) is -1.78. The fraction of sp³-hybridized carbons (Fsp3) is 0.0769. The number of methoxy groups -OCH3 is 1. The summed E-state index contributed by atoms with van der Waals surface area (Å²) in [5.41, 5.74) is 1.91. The van der Waals surface area contributed by atoms with Gasteiger partial charge in [-0.05, 0) is 76.1 Å². The molecule has 36 heavy (non-hydrogen) atoms. The first-order chi connectivity index (χ1) is 17.2. The van der Waals surface area contributed by atoms with Crippen molar-refractivity contribution in [3.05, 3.63) is 97.4 Å². The van der Waals surface area contributed by atoms with Gasteiger partial charge in [-0.25, -0.2) is 9.59 Å². The van der Waals surface area contributed by atoms with Crippen molar-refractivity contribution in [2.45, 2.75) is 6.61 Å². The van der Waals surface area contributed by atoms with Gasteiger partial charge in [-0.1, -0.05) is 28.1 Å². The highest BCUT2D eigenvalue weighted by Gasteiger charge is 2.15. The molecule has 1 amide bonds. The standard InChI is InChI=1S/C26H18Br2N2O6/c1-35-26(34)17-6-8-21(9-7-17)30-24(31)19(13-29)10-18-11-20(27)12-22(28)23(18)36-14-15-2-4-16(5-3-15)25(32)33/h2-12H,14H2,1H3,(H,30,31)(H,32,33)/b19-10+. The molecule has 3 aromatic rings. The molecule has 3 rings (SSSR count). The second-order valence-corrected chi connectivity index (χ2v) is 9.06. The summed E-state index contributed by atoms with van der Waals surface area (Å²) in [5, 5.41) is 21.3. The van der Waals surface area contributed by atoms with E-state index in [-0.39, 0.29) is 17.7 Å². The molecule has 10 heteroatoms. The summed E-state index contributed by atoms with van der Waals surface area (Å²) in [7, 11) is 1.27. The Labute approximate surface area is 223 Å². The van der Waals surface area contributed by atoms with Crippen molar-refractivity contribution in [1.29, 1.82) is 5.26 Å². The van der Waals surface area contributed by atoms with E-state index >= 15 is 0 Å². The molecule has 3 aromatic carbocycles. The van der Waals surface area contributed by atoms with Crippen molar-refractivity contribution < 1.29 is 29.0 Å². The molecule has 0 fully saturated rings. The van der Waals surface area contributed by atoms with Gasteiger partial charge in [-0.15, -0.1) is 0 Å². The van der Waals surface area contributed by atoms with Crippen molar-refractivity contribution >= 4 is 61.5 Å². The Morgan fingerprint density at radius 1 is 1.03 bits per heavy atom. The van der Waals surface area contributed by atoms with Crippen molar-refractivity contribution in [2.75, 3.05) is 12.4 Å². The van der Waals surface area contributed by atoms with Gasteiger partial charge in [0.25, 0.3) is 5.91 Å². The zero-order valence-corrected chi connectivity index (χ0v) is 21.9. The summed E-state index contributed by atoms with van der Waals surface area (Å²) < 4.78 is 11.9. The largest absolute Gasteiger partial charge is 0.487 e. The molecule has 0 saturated heterocycles. The van der Waals surface area contributed by atoms with Gasteiger partial charge in [0.1, 0.15) is 24.0 Å². The number of hydrogen-bond acceptors (Lipinski definition) is 6. The van der Waals surface area contributed by atoms with Gasteiger partial charge in [0.2, 0.25) is 0 Å². The quantitative estimate of drug-likeness (QED) is 0.186. The molecule has 0 saturated carbocycles. The summed E-state index contributed by atoms with van der Waals surface area (Å²) in [6.07, 6.45) is 1.40. The van der Waals surface area contributed by atoms with Crippen LogP contribution in [0.15, 0.2) is 75.2 Å². The van der Waals surface area contributed by atoms with E-state index < -0.39 is 17.8 Å². The van der Waals surface area contributed by atoms with E-state index in [1.165, 1.54) is 49.6 Å². The second kappa shape index (κ2) is 12.2.